The van der Waals surface area contributed by atoms with Gasteiger partial charge in [0.25, 0.3) is 0 Å². The van der Waals surface area contributed by atoms with Crippen molar-refractivity contribution in [2.24, 2.45) is 5.92 Å². The first kappa shape index (κ1) is 20.2. The van der Waals surface area contributed by atoms with Crippen molar-refractivity contribution < 1.29 is 9.21 Å². The Labute approximate surface area is 167 Å². The molecule has 152 valence electrons. The molecule has 3 rings (SSSR count). The van der Waals surface area contributed by atoms with E-state index in [4.69, 9.17) is 9.40 Å². The largest absolute Gasteiger partial charge is 0.465 e. The Morgan fingerprint density at radius 2 is 2.14 bits per heavy atom. The van der Waals surface area contributed by atoms with Crippen molar-refractivity contribution in [1.82, 2.24) is 15.3 Å². The molecule has 3 heterocycles. The maximum atomic E-state index is 12.2. The molecule has 2 aromatic heterocycles. The van der Waals surface area contributed by atoms with Gasteiger partial charge in [-0.2, -0.15) is 4.98 Å². The molecule has 0 radical (unpaired) electrons. The first-order valence-corrected chi connectivity index (χ1v) is 10.0. The Morgan fingerprint density at radius 1 is 1.32 bits per heavy atom. The first-order valence-electron chi connectivity index (χ1n) is 10.0. The molecular weight excluding hydrogens is 354 g/mol. The summed E-state index contributed by atoms with van der Waals surface area (Å²) in [5.74, 6) is 3.97. The van der Waals surface area contributed by atoms with E-state index >= 15 is 0 Å². The summed E-state index contributed by atoms with van der Waals surface area (Å²) in [6.45, 7) is 6.31. The fourth-order valence-electron chi connectivity index (χ4n) is 3.60. The average molecular weight is 386 g/mol. The number of furan rings is 1. The van der Waals surface area contributed by atoms with E-state index in [1.54, 1.807) is 0 Å². The summed E-state index contributed by atoms with van der Waals surface area (Å²) >= 11 is 0. The summed E-state index contributed by atoms with van der Waals surface area (Å²) in [7, 11) is 3.92. The minimum atomic E-state index is 0.0824. The van der Waals surface area contributed by atoms with Crippen molar-refractivity contribution in [3.8, 4) is 0 Å². The Balaban J connectivity index is 1.50. The molecule has 1 atom stereocenters. The number of hydrogen-bond donors (Lipinski definition) is 1. The van der Waals surface area contributed by atoms with Crippen LogP contribution in [0.15, 0.2) is 22.6 Å². The van der Waals surface area contributed by atoms with Gasteiger partial charge in [0.05, 0.1) is 6.54 Å². The van der Waals surface area contributed by atoms with Gasteiger partial charge in [-0.15, -0.1) is 0 Å². The number of aryl methyl sites for hydroxylation is 2. The van der Waals surface area contributed by atoms with Crippen LogP contribution in [0.5, 0.6) is 0 Å². The highest BCUT2D eigenvalue weighted by Crippen LogP contribution is 2.26. The molecule has 2 aromatic rings. The van der Waals surface area contributed by atoms with Gasteiger partial charge in [0.2, 0.25) is 11.9 Å². The number of carbonyl (C=O) groups is 1. The fourth-order valence-corrected chi connectivity index (χ4v) is 3.60. The zero-order chi connectivity index (χ0) is 20.1. The molecule has 1 aliphatic rings. The van der Waals surface area contributed by atoms with Crippen molar-refractivity contribution in [2.75, 3.05) is 37.0 Å². The number of nitrogens with zero attached hydrogens (tertiary/aromatic N) is 4. The van der Waals surface area contributed by atoms with Gasteiger partial charge in [-0.05, 0) is 51.2 Å². The van der Waals surface area contributed by atoms with Crippen molar-refractivity contribution in [2.45, 2.75) is 46.1 Å². The van der Waals surface area contributed by atoms with Crippen molar-refractivity contribution in [1.29, 1.82) is 0 Å². The summed E-state index contributed by atoms with van der Waals surface area (Å²) in [4.78, 5) is 25.6. The molecule has 1 aliphatic heterocycles. The van der Waals surface area contributed by atoms with E-state index in [9.17, 15) is 4.79 Å². The van der Waals surface area contributed by atoms with Crippen LogP contribution < -0.4 is 15.1 Å². The van der Waals surface area contributed by atoms with Gasteiger partial charge in [-0.25, -0.2) is 4.98 Å². The number of carbonyl (C=O) groups excluding carboxylic acids is 1. The Morgan fingerprint density at radius 3 is 2.86 bits per heavy atom. The smallest absolute Gasteiger partial charge is 0.226 e. The molecule has 7 heteroatoms. The number of hydrogen-bond acceptors (Lipinski definition) is 6. The third-order valence-electron chi connectivity index (χ3n) is 5.11. The molecular formula is C21H31N5O2. The summed E-state index contributed by atoms with van der Waals surface area (Å²) in [6.07, 6.45) is 3.72. The number of nitrogens with one attached hydrogen (secondary N) is 1. The van der Waals surface area contributed by atoms with E-state index in [1.807, 2.05) is 51.0 Å². The van der Waals surface area contributed by atoms with Crippen LogP contribution in [0.3, 0.4) is 0 Å². The Kier molecular flexibility index (Phi) is 6.54. The zero-order valence-electron chi connectivity index (χ0n) is 17.4. The lowest BCUT2D eigenvalue weighted by Crippen LogP contribution is -2.37. The van der Waals surface area contributed by atoms with Crippen molar-refractivity contribution in [3.05, 3.63) is 35.4 Å². The minimum absolute atomic E-state index is 0.0824. The summed E-state index contributed by atoms with van der Waals surface area (Å²) in [5.41, 5.74) is 0.975. The summed E-state index contributed by atoms with van der Waals surface area (Å²) < 4.78 is 5.49. The van der Waals surface area contributed by atoms with E-state index in [-0.39, 0.29) is 5.91 Å². The molecule has 0 saturated carbocycles. The third kappa shape index (κ3) is 5.47. The van der Waals surface area contributed by atoms with Crippen LogP contribution in [-0.4, -0.2) is 43.1 Å². The molecule has 0 aromatic carbocycles. The molecule has 1 fully saturated rings. The summed E-state index contributed by atoms with van der Waals surface area (Å²) in [5, 5.41) is 2.95. The SMILES string of the molecule is Cc1cc(N2CCC[C@@H](CCC(=O)NCc3ccc(C)o3)C2)nc(N(C)C)n1. The third-order valence-corrected chi connectivity index (χ3v) is 5.11. The Bertz CT molecular complexity index is 802. The number of anilines is 2. The molecule has 7 nitrogen and oxygen atoms in total. The highest BCUT2D eigenvalue weighted by atomic mass is 16.3. The molecule has 0 spiro atoms. The first-order chi connectivity index (χ1) is 13.4. The second-order valence-electron chi connectivity index (χ2n) is 7.84. The van der Waals surface area contributed by atoms with Crippen LogP contribution in [0.4, 0.5) is 11.8 Å². The molecule has 0 aliphatic carbocycles. The number of aromatic nitrogens is 2. The molecule has 1 saturated heterocycles. The second-order valence-corrected chi connectivity index (χ2v) is 7.84. The van der Waals surface area contributed by atoms with Crippen molar-refractivity contribution in [3.63, 3.8) is 0 Å². The highest BCUT2D eigenvalue weighted by Gasteiger charge is 2.22. The van der Waals surface area contributed by atoms with E-state index in [0.29, 0.717) is 18.9 Å². The minimum Gasteiger partial charge on any atom is -0.465 e. The second kappa shape index (κ2) is 9.08. The molecule has 0 bridgehead atoms. The predicted octanol–water partition coefficient (Wildman–Crippen LogP) is 3.07. The molecule has 1 N–H and O–H groups in total. The number of piperidine rings is 1. The monoisotopic (exact) mass is 385 g/mol. The lowest BCUT2D eigenvalue weighted by molar-refractivity contribution is -0.121. The fraction of sp³-hybridized carbons (Fsp3) is 0.571. The van der Waals surface area contributed by atoms with Gasteiger partial charge in [0.1, 0.15) is 17.3 Å². The normalized spacial score (nSPS) is 16.9. The van der Waals surface area contributed by atoms with Crippen molar-refractivity contribution >= 4 is 17.7 Å². The van der Waals surface area contributed by atoms with Gasteiger partial charge in [0, 0.05) is 45.4 Å². The lowest BCUT2D eigenvalue weighted by atomic mass is 9.93. The maximum absolute atomic E-state index is 12.2. The van der Waals surface area contributed by atoms with Crippen LogP contribution in [0.2, 0.25) is 0 Å². The number of rotatable bonds is 7. The van der Waals surface area contributed by atoms with Gasteiger partial charge in [0.15, 0.2) is 0 Å². The summed E-state index contributed by atoms with van der Waals surface area (Å²) in [6, 6.07) is 5.86. The average Bonchev–Trinajstić information content (AvgIpc) is 3.09. The van der Waals surface area contributed by atoms with Crippen LogP contribution in [0, 0.1) is 19.8 Å². The van der Waals surface area contributed by atoms with E-state index in [0.717, 1.165) is 61.3 Å². The molecule has 1 amide bonds. The quantitative estimate of drug-likeness (QED) is 0.790. The van der Waals surface area contributed by atoms with Crippen LogP contribution in [0.25, 0.3) is 0 Å². The highest BCUT2D eigenvalue weighted by molar-refractivity contribution is 5.75. The van der Waals surface area contributed by atoms with E-state index in [1.165, 1.54) is 0 Å². The van der Waals surface area contributed by atoms with E-state index in [2.05, 4.69) is 15.2 Å². The zero-order valence-corrected chi connectivity index (χ0v) is 17.4. The van der Waals surface area contributed by atoms with Crippen LogP contribution >= 0.6 is 0 Å². The van der Waals surface area contributed by atoms with Gasteiger partial charge < -0.3 is 19.5 Å². The molecule has 28 heavy (non-hydrogen) atoms. The van der Waals surface area contributed by atoms with E-state index < -0.39 is 0 Å². The number of amides is 1. The standard InChI is InChI=1S/C21H31N5O2/c1-15-12-19(24-21(23-15)25(3)4)26-11-5-6-17(14-26)8-10-20(27)22-13-18-9-7-16(2)28-18/h7,9,12,17H,5-6,8,10-11,13-14H2,1-4H3,(H,22,27)/t17-/m0/s1. The molecule has 0 unspecified atom stereocenters. The Hall–Kier alpha value is -2.57. The van der Waals surface area contributed by atoms with Gasteiger partial charge in [-0.3, -0.25) is 4.79 Å². The lowest BCUT2D eigenvalue weighted by Gasteiger charge is -2.34. The van der Waals surface area contributed by atoms with Gasteiger partial charge in [-0.1, -0.05) is 0 Å². The van der Waals surface area contributed by atoms with Crippen LogP contribution in [0.1, 0.15) is 42.9 Å². The predicted molar refractivity (Wildman–Crippen MR) is 111 cm³/mol. The van der Waals surface area contributed by atoms with Crippen LogP contribution in [-0.2, 0) is 11.3 Å². The van der Waals surface area contributed by atoms with Gasteiger partial charge >= 0.3 is 0 Å². The topological polar surface area (TPSA) is 74.5 Å². The maximum Gasteiger partial charge on any atom is 0.226 e.